The van der Waals surface area contributed by atoms with Crippen LogP contribution in [-0.2, 0) is 16.1 Å². The molecule has 0 radical (unpaired) electrons. The first-order valence-corrected chi connectivity index (χ1v) is 6.01. The Labute approximate surface area is 97.3 Å². The number of aromatic nitrogens is 1. The van der Waals surface area contributed by atoms with Crippen LogP contribution in [0.4, 0.5) is 0 Å². The number of nitrogens with one attached hydrogen (secondary N) is 2. The average Bonchev–Trinajstić information content (AvgIpc) is 2.84. The molecule has 5 nitrogen and oxygen atoms in total. The third-order valence-corrected chi connectivity index (χ3v) is 3.36. The zero-order valence-corrected chi connectivity index (χ0v) is 9.76. The van der Waals surface area contributed by atoms with Crippen LogP contribution >= 0.6 is 11.3 Å². The summed E-state index contributed by atoms with van der Waals surface area (Å²) in [5.74, 6) is -0.177. The highest BCUT2D eigenvalue weighted by Gasteiger charge is 2.26. The molecule has 0 aromatic carbocycles. The lowest BCUT2D eigenvalue weighted by atomic mass is 10.2. The van der Waals surface area contributed by atoms with Crippen LogP contribution in [0.5, 0.6) is 0 Å². The highest BCUT2D eigenvalue weighted by Crippen LogP contribution is 2.09. The van der Waals surface area contributed by atoms with Gasteiger partial charge >= 0.3 is 0 Å². The van der Waals surface area contributed by atoms with Crippen LogP contribution in [-0.4, -0.2) is 22.8 Å². The maximum atomic E-state index is 11.6. The summed E-state index contributed by atoms with van der Waals surface area (Å²) in [7, 11) is 0. The minimum absolute atomic E-state index is 0.0507. The van der Waals surface area contributed by atoms with Gasteiger partial charge in [-0.2, -0.15) is 0 Å². The Morgan fingerprint density at radius 1 is 1.75 bits per heavy atom. The van der Waals surface area contributed by atoms with Crippen molar-refractivity contribution in [1.82, 2.24) is 15.6 Å². The van der Waals surface area contributed by atoms with E-state index in [9.17, 15) is 9.59 Å². The topological polar surface area (TPSA) is 71.1 Å². The van der Waals surface area contributed by atoms with Gasteiger partial charge in [-0.1, -0.05) is 0 Å². The lowest BCUT2D eigenvalue weighted by Crippen LogP contribution is -2.41. The summed E-state index contributed by atoms with van der Waals surface area (Å²) in [5, 5.41) is 8.22. The van der Waals surface area contributed by atoms with Gasteiger partial charge in [0, 0.05) is 17.5 Å². The maximum Gasteiger partial charge on any atom is 0.242 e. The van der Waals surface area contributed by atoms with E-state index in [-0.39, 0.29) is 17.9 Å². The second kappa shape index (κ2) is 4.61. The number of hydrogen-bond acceptors (Lipinski definition) is 4. The average molecular weight is 239 g/mol. The first-order chi connectivity index (χ1) is 7.65. The third-order valence-electron chi connectivity index (χ3n) is 2.39. The molecule has 0 unspecified atom stereocenters. The number of aryl methyl sites for hydroxylation is 1. The zero-order chi connectivity index (χ0) is 11.5. The fraction of sp³-hybridized carbons (Fsp3) is 0.500. The highest BCUT2D eigenvalue weighted by molar-refractivity contribution is 7.09. The summed E-state index contributed by atoms with van der Waals surface area (Å²) in [6.45, 7) is 2.35. The van der Waals surface area contributed by atoms with Gasteiger partial charge in [0.05, 0.1) is 6.54 Å². The molecule has 1 saturated heterocycles. The van der Waals surface area contributed by atoms with Gasteiger partial charge in [0.2, 0.25) is 11.8 Å². The van der Waals surface area contributed by atoms with Crippen LogP contribution in [0, 0.1) is 6.92 Å². The Morgan fingerprint density at radius 3 is 3.12 bits per heavy atom. The Balaban J connectivity index is 1.82. The summed E-state index contributed by atoms with van der Waals surface area (Å²) in [5.41, 5.74) is 0.961. The third kappa shape index (κ3) is 2.57. The molecule has 86 valence electrons. The molecule has 1 aliphatic rings. The van der Waals surface area contributed by atoms with Crippen molar-refractivity contribution in [3.8, 4) is 0 Å². The SMILES string of the molecule is Cc1csc(CNC(=O)[C@@H]2CCC(=O)N2)n1. The molecule has 1 aromatic heterocycles. The molecule has 0 aliphatic carbocycles. The lowest BCUT2D eigenvalue weighted by Gasteiger charge is -2.09. The Kier molecular flexibility index (Phi) is 3.19. The smallest absolute Gasteiger partial charge is 0.242 e. The molecular formula is C10H13N3O2S. The first kappa shape index (κ1) is 11.1. The largest absolute Gasteiger partial charge is 0.348 e. The van der Waals surface area contributed by atoms with Crippen molar-refractivity contribution in [2.75, 3.05) is 0 Å². The zero-order valence-electron chi connectivity index (χ0n) is 8.95. The van der Waals surface area contributed by atoms with E-state index in [2.05, 4.69) is 15.6 Å². The molecule has 0 spiro atoms. The van der Waals surface area contributed by atoms with Crippen molar-refractivity contribution in [2.24, 2.45) is 0 Å². The number of thiazole rings is 1. The van der Waals surface area contributed by atoms with Gasteiger partial charge in [-0.05, 0) is 13.3 Å². The minimum Gasteiger partial charge on any atom is -0.348 e. The minimum atomic E-state index is -0.367. The van der Waals surface area contributed by atoms with Crippen molar-refractivity contribution in [3.63, 3.8) is 0 Å². The van der Waals surface area contributed by atoms with Crippen molar-refractivity contribution in [3.05, 3.63) is 16.1 Å². The van der Waals surface area contributed by atoms with Crippen LogP contribution in [0.15, 0.2) is 5.38 Å². The number of nitrogens with zero attached hydrogens (tertiary/aromatic N) is 1. The molecule has 2 amide bonds. The van der Waals surface area contributed by atoms with Gasteiger partial charge in [0.25, 0.3) is 0 Å². The van der Waals surface area contributed by atoms with E-state index in [1.165, 1.54) is 11.3 Å². The van der Waals surface area contributed by atoms with E-state index in [1.807, 2.05) is 12.3 Å². The maximum absolute atomic E-state index is 11.6. The van der Waals surface area contributed by atoms with Crippen LogP contribution < -0.4 is 10.6 Å². The first-order valence-electron chi connectivity index (χ1n) is 5.13. The van der Waals surface area contributed by atoms with Gasteiger partial charge in [0.1, 0.15) is 11.0 Å². The summed E-state index contributed by atoms with van der Waals surface area (Å²) in [4.78, 5) is 26.8. The molecule has 16 heavy (non-hydrogen) atoms. The number of carbonyl (C=O) groups excluding carboxylic acids is 2. The van der Waals surface area contributed by atoms with Crippen molar-refractivity contribution >= 4 is 23.2 Å². The van der Waals surface area contributed by atoms with E-state index in [1.54, 1.807) is 0 Å². The quantitative estimate of drug-likeness (QED) is 0.799. The molecule has 1 fully saturated rings. The Bertz CT molecular complexity index is 416. The van der Waals surface area contributed by atoms with Gasteiger partial charge in [0.15, 0.2) is 0 Å². The Morgan fingerprint density at radius 2 is 2.56 bits per heavy atom. The normalized spacial score (nSPS) is 19.6. The van der Waals surface area contributed by atoms with E-state index in [0.717, 1.165) is 10.7 Å². The number of rotatable bonds is 3. The van der Waals surface area contributed by atoms with E-state index in [4.69, 9.17) is 0 Å². The molecule has 0 bridgehead atoms. The van der Waals surface area contributed by atoms with Gasteiger partial charge in [-0.25, -0.2) is 4.98 Å². The standard InChI is InChI=1S/C10H13N3O2S/c1-6-5-16-9(12-6)4-11-10(15)7-2-3-8(14)13-7/h5,7H,2-4H2,1H3,(H,11,15)(H,13,14)/t7-/m0/s1. The van der Waals surface area contributed by atoms with Crippen LogP contribution in [0.3, 0.4) is 0 Å². The van der Waals surface area contributed by atoms with Crippen LogP contribution in [0.2, 0.25) is 0 Å². The van der Waals surface area contributed by atoms with Gasteiger partial charge < -0.3 is 10.6 Å². The molecular weight excluding hydrogens is 226 g/mol. The summed E-state index contributed by atoms with van der Waals surface area (Å²) in [6, 6.07) is -0.367. The second-order valence-electron chi connectivity index (χ2n) is 3.76. The van der Waals surface area contributed by atoms with Crippen molar-refractivity contribution in [2.45, 2.75) is 32.4 Å². The van der Waals surface area contributed by atoms with Gasteiger partial charge in [-0.15, -0.1) is 11.3 Å². The van der Waals surface area contributed by atoms with Gasteiger partial charge in [-0.3, -0.25) is 9.59 Å². The molecule has 2 N–H and O–H groups in total. The number of hydrogen-bond donors (Lipinski definition) is 2. The molecule has 2 heterocycles. The fourth-order valence-corrected chi connectivity index (χ4v) is 2.29. The van der Waals surface area contributed by atoms with E-state index < -0.39 is 0 Å². The molecule has 0 saturated carbocycles. The predicted octanol–water partition coefficient (Wildman–Crippen LogP) is 0.346. The molecule has 2 rings (SSSR count). The number of amides is 2. The highest BCUT2D eigenvalue weighted by atomic mass is 32.1. The van der Waals surface area contributed by atoms with Crippen LogP contribution in [0.1, 0.15) is 23.5 Å². The summed E-state index contributed by atoms with van der Waals surface area (Å²) >= 11 is 1.52. The molecule has 1 atom stereocenters. The van der Waals surface area contributed by atoms with Crippen LogP contribution in [0.25, 0.3) is 0 Å². The Hall–Kier alpha value is -1.43. The summed E-state index contributed by atoms with van der Waals surface area (Å²) < 4.78 is 0. The molecule has 6 heteroatoms. The lowest BCUT2D eigenvalue weighted by molar-refractivity contribution is -0.125. The monoisotopic (exact) mass is 239 g/mol. The predicted molar refractivity (Wildman–Crippen MR) is 59.9 cm³/mol. The molecule has 1 aliphatic heterocycles. The number of carbonyl (C=O) groups is 2. The van der Waals surface area contributed by atoms with Crippen molar-refractivity contribution in [1.29, 1.82) is 0 Å². The van der Waals surface area contributed by atoms with E-state index in [0.29, 0.717) is 19.4 Å². The fourth-order valence-electron chi connectivity index (χ4n) is 1.58. The van der Waals surface area contributed by atoms with E-state index >= 15 is 0 Å². The molecule has 1 aromatic rings. The van der Waals surface area contributed by atoms with Crippen molar-refractivity contribution < 1.29 is 9.59 Å². The summed E-state index contributed by atoms with van der Waals surface area (Å²) in [6.07, 6.45) is 1.02. The second-order valence-corrected chi connectivity index (χ2v) is 4.70.